The summed E-state index contributed by atoms with van der Waals surface area (Å²) in [5.74, 6) is -6.85. The first-order chi connectivity index (χ1) is 18.8. The summed E-state index contributed by atoms with van der Waals surface area (Å²) in [5, 5.41) is 46.7. The Morgan fingerprint density at radius 2 is 1.88 bits per heavy atom. The molecule has 0 saturated heterocycles. The molecule has 3 atom stereocenters. The lowest BCUT2D eigenvalue weighted by Gasteiger charge is -2.46. The highest BCUT2D eigenvalue weighted by Crippen LogP contribution is 2.52. The van der Waals surface area contributed by atoms with Gasteiger partial charge in [0.2, 0.25) is 5.78 Å². The molecular formula is C28H35N3O9. The highest BCUT2D eigenvalue weighted by molar-refractivity contribution is 6.24. The summed E-state index contributed by atoms with van der Waals surface area (Å²) >= 11 is 0. The van der Waals surface area contributed by atoms with Crippen LogP contribution >= 0.6 is 0 Å². The van der Waals surface area contributed by atoms with E-state index in [0.717, 1.165) is 19.3 Å². The number of hydrogen-bond acceptors (Lipinski definition) is 10. The van der Waals surface area contributed by atoms with Gasteiger partial charge in [-0.15, -0.1) is 0 Å². The number of unbranched alkanes of at least 4 members (excludes halogenated alkanes) is 2. The average Bonchev–Trinajstić information content (AvgIpc) is 2.87. The van der Waals surface area contributed by atoms with E-state index in [-0.39, 0.29) is 49.1 Å². The zero-order valence-corrected chi connectivity index (χ0v) is 22.7. The zero-order valence-electron chi connectivity index (χ0n) is 22.7. The third-order valence-corrected chi connectivity index (χ3v) is 8.00. The number of fused-ring (bicyclic) bond motifs is 3. The molecule has 40 heavy (non-hydrogen) atoms. The van der Waals surface area contributed by atoms with Crippen molar-refractivity contribution in [3.8, 4) is 5.75 Å². The van der Waals surface area contributed by atoms with Crippen LogP contribution in [-0.2, 0) is 27.3 Å². The van der Waals surface area contributed by atoms with Crippen molar-refractivity contribution in [2.45, 2.75) is 57.6 Å². The smallest absolute Gasteiger partial charge is 0.407 e. The van der Waals surface area contributed by atoms with Gasteiger partial charge in [-0.05, 0) is 36.8 Å². The molecule has 0 saturated carbocycles. The van der Waals surface area contributed by atoms with Gasteiger partial charge in [-0.2, -0.15) is 0 Å². The third-order valence-electron chi connectivity index (χ3n) is 8.00. The molecule has 0 aromatic heterocycles. The number of nitrogens with two attached hydrogens (primary N) is 1. The van der Waals surface area contributed by atoms with Crippen molar-refractivity contribution in [3.05, 3.63) is 45.4 Å². The molecule has 0 radical (unpaired) electrons. The van der Waals surface area contributed by atoms with E-state index in [1.807, 2.05) is 6.92 Å². The number of nitrogens with one attached hydrogen (secondary N) is 1. The van der Waals surface area contributed by atoms with Crippen molar-refractivity contribution in [1.29, 1.82) is 0 Å². The van der Waals surface area contributed by atoms with Gasteiger partial charge < -0.3 is 41.1 Å². The van der Waals surface area contributed by atoms with Crippen molar-refractivity contribution in [2.75, 3.05) is 25.6 Å². The lowest BCUT2D eigenvalue weighted by molar-refractivity contribution is -0.144. The molecule has 0 unspecified atom stereocenters. The Hall–Kier alpha value is -4.06. The number of allylic oxidation sites excluding steroid dienone is 2. The predicted octanol–water partition coefficient (Wildman–Crippen LogP) is 2.06. The Balaban J connectivity index is 1.73. The number of phenolic OH excluding ortho intramolecular Hbond substituents is 1. The van der Waals surface area contributed by atoms with Crippen LogP contribution in [0.3, 0.4) is 0 Å². The van der Waals surface area contributed by atoms with E-state index in [1.165, 1.54) is 0 Å². The number of carbonyl (C=O) groups excluding carboxylic acids is 4. The van der Waals surface area contributed by atoms with Crippen LogP contribution in [0.5, 0.6) is 5.75 Å². The number of anilines is 1. The molecule has 3 aliphatic carbocycles. The van der Waals surface area contributed by atoms with Crippen LogP contribution < -0.4 is 16.0 Å². The molecule has 7 N–H and O–H groups in total. The molecule has 2 amide bonds. The average molecular weight is 558 g/mol. The summed E-state index contributed by atoms with van der Waals surface area (Å²) in [5.41, 5.74) is 2.77. The van der Waals surface area contributed by atoms with Gasteiger partial charge in [-0.3, -0.25) is 14.4 Å². The fraction of sp³-hybridized carbons (Fsp3) is 0.500. The van der Waals surface area contributed by atoms with E-state index < -0.39 is 63.8 Å². The maximum Gasteiger partial charge on any atom is 0.407 e. The lowest BCUT2D eigenvalue weighted by atomic mass is 9.60. The molecule has 12 nitrogen and oxygen atoms in total. The number of nitrogens with zero attached hydrogens (tertiary/aromatic N) is 1. The van der Waals surface area contributed by atoms with Gasteiger partial charge in [0.05, 0.1) is 12.2 Å². The molecule has 0 bridgehead atoms. The zero-order chi connectivity index (χ0) is 29.5. The molecule has 1 aromatic carbocycles. The fourth-order valence-electron chi connectivity index (χ4n) is 5.99. The first-order valence-electron chi connectivity index (χ1n) is 13.3. The summed E-state index contributed by atoms with van der Waals surface area (Å²) in [4.78, 5) is 52.7. The number of alkyl carbamates (subject to hydrolysis) is 1. The molecule has 0 heterocycles. The fourth-order valence-corrected chi connectivity index (χ4v) is 5.99. The van der Waals surface area contributed by atoms with Crippen LogP contribution in [0.25, 0.3) is 0 Å². The van der Waals surface area contributed by atoms with E-state index in [9.17, 15) is 39.6 Å². The van der Waals surface area contributed by atoms with Crippen LogP contribution in [-0.4, -0.2) is 70.3 Å². The first-order valence-corrected chi connectivity index (χ1v) is 13.3. The summed E-state index contributed by atoms with van der Waals surface area (Å²) < 4.78 is 5.14. The normalized spacial score (nSPS) is 23.8. The number of hydrogen-bond donors (Lipinski definition) is 6. The third kappa shape index (κ3) is 4.66. The molecule has 12 heteroatoms. The largest absolute Gasteiger partial charge is 0.511 e. The van der Waals surface area contributed by atoms with Crippen molar-refractivity contribution in [1.82, 2.24) is 5.32 Å². The number of aliphatic hydroxyl groups is 3. The molecule has 0 spiro atoms. The molecule has 1 aromatic rings. The monoisotopic (exact) mass is 557 g/mol. The molecular weight excluding hydrogens is 522 g/mol. The second kappa shape index (κ2) is 10.8. The maximum absolute atomic E-state index is 13.9. The number of ether oxygens (including phenoxy) is 1. The quantitative estimate of drug-likeness (QED) is 0.203. The van der Waals surface area contributed by atoms with E-state index in [1.54, 1.807) is 25.1 Å². The Kier molecular flexibility index (Phi) is 7.84. The van der Waals surface area contributed by atoms with E-state index in [4.69, 9.17) is 10.5 Å². The van der Waals surface area contributed by atoms with Crippen molar-refractivity contribution < 1.29 is 44.3 Å². The summed E-state index contributed by atoms with van der Waals surface area (Å²) in [6, 6.07) is 1.66. The number of aliphatic hydroxyl groups excluding tert-OH is 2. The van der Waals surface area contributed by atoms with Gasteiger partial charge in [0.15, 0.2) is 11.4 Å². The SMILES string of the molecule is CCCCCOC(=O)NCc1cc(N(C)C)c2c(c1O)C(=O)C1=C(O)[C@]3(O)C(=O)C(C(N)=O)=C(O)C[C@@H]3C[C@@H]1C2. The first kappa shape index (κ1) is 28.9. The number of ketones is 2. The number of aromatic hydroxyl groups is 1. The number of rotatable bonds is 8. The Labute approximate surface area is 231 Å². The van der Waals surface area contributed by atoms with Crippen LogP contribution in [0.2, 0.25) is 0 Å². The highest BCUT2D eigenvalue weighted by atomic mass is 16.5. The summed E-state index contributed by atoms with van der Waals surface area (Å²) in [6.45, 7) is 2.13. The van der Waals surface area contributed by atoms with E-state index >= 15 is 0 Å². The Bertz CT molecular complexity index is 1350. The molecule has 3 aliphatic rings. The van der Waals surface area contributed by atoms with Crippen molar-refractivity contribution in [2.24, 2.45) is 17.6 Å². The number of primary amides is 1. The van der Waals surface area contributed by atoms with Crippen LogP contribution in [0, 0.1) is 11.8 Å². The minimum atomic E-state index is -2.63. The Morgan fingerprint density at radius 1 is 1.18 bits per heavy atom. The molecule has 216 valence electrons. The van der Waals surface area contributed by atoms with Gasteiger partial charge in [-0.25, -0.2) is 4.79 Å². The number of Topliss-reactive ketones (excluding diaryl/α,β-unsaturated/α-hetero) is 2. The minimum absolute atomic E-state index is 0.0454. The number of phenols is 1. The van der Waals surface area contributed by atoms with Crippen molar-refractivity contribution >= 4 is 29.3 Å². The topological polar surface area (TPSA) is 200 Å². The minimum Gasteiger partial charge on any atom is -0.511 e. The van der Waals surface area contributed by atoms with Gasteiger partial charge >= 0.3 is 6.09 Å². The van der Waals surface area contributed by atoms with Crippen LogP contribution in [0.1, 0.15) is 60.5 Å². The Morgan fingerprint density at radius 3 is 2.50 bits per heavy atom. The highest BCUT2D eigenvalue weighted by Gasteiger charge is 2.59. The summed E-state index contributed by atoms with van der Waals surface area (Å²) in [6.07, 6.45) is 1.87. The summed E-state index contributed by atoms with van der Waals surface area (Å²) in [7, 11) is 3.51. The molecule has 0 fully saturated rings. The van der Waals surface area contributed by atoms with Gasteiger partial charge in [0.1, 0.15) is 22.8 Å². The predicted molar refractivity (Wildman–Crippen MR) is 143 cm³/mol. The lowest BCUT2D eigenvalue weighted by Crippen LogP contribution is -2.57. The van der Waals surface area contributed by atoms with Crippen LogP contribution in [0.4, 0.5) is 10.5 Å². The van der Waals surface area contributed by atoms with Gasteiger partial charge in [0.25, 0.3) is 5.91 Å². The van der Waals surface area contributed by atoms with E-state index in [2.05, 4.69) is 5.32 Å². The van der Waals surface area contributed by atoms with Crippen molar-refractivity contribution in [3.63, 3.8) is 0 Å². The second-order valence-corrected chi connectivity index (χ2v) is 10.8. The number of amides is 2. The number of carbonyl (C=O) groups is 4. The van der Waals surface area contributed by atoms with Gasteiger partial charge in [-0.1, -0.05) is 19.8 Å². The standard InChI is InChI=1S/C28H35N3O9/c1-4-5-6-7-40-27(38)30-12-14-10-17(31(2)3)16-9-13-8-15-11-18(32)21(26(29)37)25(36)28(15,39)24(35)19(13)23(34)20(16)22(14)33/h10,13,15,32-33,35,39H,4-9,11-12H2,1-3H3,(H2,29,37)(H,30,38)/t13-,15+,28+/m1/s1. The number of benzene rings is 1. The van der Waals surface area contributed by atoms with Crippen LogP contribution in [0.15, 0.2) is 28.7 Å². The maximum atomic E-state index is 13.9. The molecule has 4 rings (SSSR count). The van der Waals surface area contributed by atoms with E-state index in [0.29, 0.717) is 11.3 Å². The molecule has 0 aliphatic heterocycles. The van der Waals surface area contributed by atoms with Gasteiger partial charge in [0, 0.05) is 49.8 Å². The second-order valence-electron chi connectivity index (χ2n) is 10.8.